The van der Waals surface area contributed by atoms with Crippen molar-refractivity contribution in [3.05, 3.63) is 30.5 Å². The van der Waals surface area contributed by atoms with E-state index >= 15 is 0 Å². The molecule has 2 aliphatic rings. The van der Waals surface area contributed by atoms with Crippen molar-refractivity contribution in [1.29, 1.82) is 0 Å². The van der Waals surface area contributed by atoms with Gasteiger partial charge in [0.25, 0.3) is 0 Å². The van der Waals surface area contributed by atoms with Crippen LogP contribution < -0.4 is 15.4 Å². The van der Waals surface area contributed by atoms with E-state index in [1.54, 1.807) is 18.0 Å². The number of rotatable bonds is 8. The molecular formula is C24H33N9O2. The lowest BCUT2D eigenvalue weighted by Crippen LogP contribution is -2.47. The molecule has 11 heteroatoms. The van der Waals surface area contributed by atoms with Crippen molar-refractivity contribution in [1.82, 2.24) is 40.1 Å². The average molecular weight is 480 g/mol. The van der Waals surface area contributed by atoms with Crippen molar-refractivity contribution in [3.8, 4) is 11.4 Å². The second-order valence-electron chi connectivity index (χ2n) is 9.39. The van der Waals surface area contributed by atoms with Crippen molar-refractivity contribution < 1.29 is 9.53 Å². The predicted molar refractivity (Wildman–Crippen MR) is 133 cm³/mol. The monoisotopic (exact) mass is 479 g/mol. The van der Waals surface area contributed by atoms with E-state index in [4.69, 9.17) is 4.74 Å². The minimum Gasteiger partial charge on any atom is -0.497 e. The van der Waals surface area contributed by atoms with Gasteiger partial charge in [0.15, 0.2) is 11.2 Å². The number of amides is 1. The van der Waals surface area contributed by atoms with E-state index in [0.29, 0.717) is 23.7 Å². The van der Waals surface area contributed by atoms with E-state index in [1.165, 1.54) is 0 Å². The molecule has 3 heterocycles. The number of carbonyl (C=O) groups excluding carboxylic acids is 1. The Kier molecular flexibility index (Phi) is 7.05. The van der Waals surface area contributed by atoms with Gasteiger partial charge in [-0.1, -0.05) is 5.21 Å². The number of nitrogens with zero attached hydrogens (tertiary/aromatic N) is 7. The highest BCUT2D eigenvalue weighted by Crippen LogP contribution is 2.28. The predicted octanol–water partition coefficient (Wildman–Crippen LogP) is 1.16. The molecule has 1 aliphatic heterocycles. The summed E-state index contributed by atoms with van der Waals surface area (Å²) in [4.78, 5) is 26.5. The van der Waals surface area contributed by atoms with E-state index in [9.17, 15) is 4.79 Å². The molecule has 35 heavy (non-hydrogen) atoms. The zero-order chi connectivity index (χ0) is 24.2. The highest BCUT2D eigenvalue weighted by atomic mass is 16.5. The van der Waals surface area contributed by atoms with E-state index in [-0.39, 0.29) is 17.9 Å². The lowest BCUT2D eigenvalue weighted by Gasteiger charge is -2.32. The summed E-state index contributed by atoms with van der Waals surface area (Å²) in [5.41, 5.74) is 2.09. The van der Waals surface area contributed by atoms with Crippen LogP contribution in [0.25, 0.3) is 16.9 Å². The van der Waals surface area contributed by atoms with E-state index < -0.39 is 0 Å². The van der Waals surface area contributed by atoms with Crippen LogP contribution in [0.5, 0.6) is 5.75 Å². The van der Waals surface area contributed by atoms with Crippen LogP contribution in [0.15, 0.2) is 30.5 Å². The van der Waals surface area contributed by atoms with E-state index in [1.807, 2.05) is 24.3 Å². The largest absolute Gasteiger partial charge is 0.497 e. The Bertz CT molecular complexity index is 1140. The summed E-state index contributed by atoms with van der Waals surface area (Å²) in [6.45, 7) is 5.94. The number of piperazine rings is 1. The highest BCUT2D eigenvalue weighted by Gasteiger charge is 2.30. The Morgan fingerprint density at radius 1 is 1.14 bits per heavy atom. The zero-order valence-corrected chi connectivity index (χ0v) is 20.4. The molecular weight excluding hydrogens is 446 g/mol. The standard InChI is InChI=1S/C24H33N9O2/c1-31-11-13-32(14-12-31)10-9-25-23(34)17-3-4-18(15-17)27-24-26-16-21-22(28-24)33(30-29-21)19-5-7-20(35-2)8-6-19/h5-8,16-18H,3-4,9-15H2,1-2H3,(H,25,34)(H,26,27,28)/t17-,18-/m1/s1. The van der Waals surface area contributed by atoms with Gasteiger partial charge >= 0.3 is 0 Å². The van der Waals surface area contributed by atoms with Gasteiger partial charge in [0, 0.05) is 51.2 Å². The maximum Gasteiger partial charge on any atom is 0.225 e. The molecule has 1 saturated heterocycles. The second-order valence-corrected chi connectivity index (χ2v) is 9.39. The third-order valence-electron chi connectivity index (χ3n) is 6.97. The molecule has 1 amide bonds. The van der Waals surface area contributed by atoms with Crippen LogP contribution in [-0.4, -0.2) is 100 Å². The molecule has 5 rings (SSSR count). The SMILES string of the molecule is COc1ccc(-n2nnc3cnc(N[C@@H]4CC[C@@H](C(=O)NCCN5CCN(C)CC5)C4)nc32)cc1. The summed E-state index contributed by atoms with van der Waals surface area (Å²) in [5.74, 6) is 1.47. The maximum atomic E-state index is 12.7. The van der Waals surface area contributed by atoms with Crippen LogP contribution in [0.1, 0.15) is 19.3 Å². The van der Waals surface area contributed by atoms with Gasteiger partial charge in [-0.2, -0.15) is 9.67 Å². The summed E-state index contributed by atoms with van der Waals surface area (Å²) in [6, 6.07) is 7.72. The summed E-state index contributed by atoms with van der Waals surface area (Å²) < 4.78 is 6.92. The van der Waals surface area contributed by atoms with Gasteiger partial charge < -0.3 is 20.3 Å². The zero-order valence-electron chi connectivity index (χ0n) is 20.4. The smallest absolute Gasteiger partial charge is 0.225 e. The Morgan fingerprint density at radius 3 is 2.71 bits per heavy atom. The molecule has 11 nitrogen and oxygen atoms in total. The molecule has 186 valence electrons. The number of anilines is 1. The van der Waals surface area contributed by atoms with E-state index in [2.05, 4.69) is 47.8 Å². The van der Waals surface area contributed by atoms with Crippen LogP contribution >= 0.6 is 0 Å². The number of nitrogens with one attached hydrogen (secondary N) is 2. The van der Waals surface area contributed by atoms with Gasteiger partial charge in [-0.3, -0.25) is 9.69 Å². The fourth-order valence-electron chi connectivity index (χ4n) is 4.78. The second kappa shape index (κ2) is 10.5. The molecule has 3 aromatic rings. The number of ether oxygens (including phenoxy) is 1. The average Bonchev–Trinajstić information content (AvgIpc) is 3.52. The number of likely N-dealkylation sites (N-methyl/N-ethyl adjacent to an activating group) is 1. The molecule has 1 saturated carbocycles. The third-order valence-corrected chi connectivity index (χ3v) is 6.97. The van der Waals surface area contributed by atoms with Crippen molar-refractivity contribution in [2.75, 3.05) is 58.7 Å². The maximum absolute atomic E-state index is 12.7. The first-order valence-electron chi connectivity index (χ1n) is 12.3. The van der Waals surface area contributed by atoms with Crippen molar-refractivity contribution >= 4 is 23.0 Å². The number of aromatic nitrogens is 5. The molecule has 0 unspecified atom stereocenters. The quantitative estimate of drug-likeness (QED) is 0.491. The minimum absolute atomic E-state index is 0.0233. The summed E-state index contributed by atoms with van der Waals surface area (Å²) in [6.07, 6.45) is 4.23. The Labute approximate surface area is 204 Å². The fraction of sp³-hybridized carbons (Fsp3) is 0.542. The molecule has 0 bridgehead atoms. The molecule has 2 fully saturated rings. The topological polar surface area (TPSA) is 113 Å². The van der Waals surface area contributed by atoms with Crippen LogP contribution in [0.2, 0.25) is 0 Å². The van der Waals surface area contributed by atoms with Gasteiger partial charge in [0.05, 0.1) is 19.0 Å². The molecule has 2 atom stereocenters. The summed E-state index contributed by atoms with van der Waals surface area (Å²) in [7, 11) is 3.79. The van der Waals surface area contributed by atoms with Crippen LogP contribution in [0.4, 0.5) is 5.95 Å². The van der Waals surface area contributed by atoms with Crippen LogP contribution in [-0.2, 0) is 4.79 Å². The highest BCUT2D eigenvalue weighted by molar-refractivity contribution is 5.79. The first kappa shape index (κ1) is 23.4. The summed E-state index contributed by atoms with van der Waals surface area (Å²) >= 11 is 0. The van der Waals surface area contributed by atoms with Gasteiger partial charge in [0.1, 0.15) is 5.75 Å². The number of fused-ring (bicyclic) bond motifs is 1. The molecule has 2 N–H and O–H groups in total. The fourth-order valence-corrected chi connectivity index (χ4v) is 4.78. The first-order chi connectivity index (χ1) is 17.1. The number of hydrogen-bond acceptors (Lipinski definition) is 9. The Balaban J connectivity index is 1.15. The molecule has 0 radical (unpaired) electrons. The van der Waals surface area contributed by atoms with Gasteiger partial charge in [-0.05, 0) is 50.6 Å². The molecule has 0 spiro atoms. The van der Waals surface area contributed by atoms with Crippen molar-refractivity contribution in [3.63, 3.8) is 0 Å². The van der Waals surface area contributed by atoms with Crippen molar-refractivity contribution in [2.24, 2.45) is 5.92 Å². The third kappa shape index (κ3) is 5.51. The van der Waals surface area contributed by atoms with Crippen LogP contribution in [0, 0.1) is 5.92 Å². The van der Waals surface area contributed by atoms with Gasteiger partial charge in [0.2, 0.25) is 11.9 Å². The van der Waals surface area contributed by atoms with Crippen molar-refractivity contribution in [2.45, 2.75) is 25.3 Å². The Morgan fingerprint density at radius 2 is 1.94 bits per heavy atom. The molecule has 1 aromatic carbocycles. The number of methoxy groups -OCH3 is 1. The van der Waals surface area contributed by atoms with E-state index in [0.717, 1.165) is 63.4 Å². The Hall–Kier alpha value is -3.31. The normalized spacial score (nSPS) is 21.3. The molecule has 2 aromatic heterocycles. The van der Waals surface area contributed by atoms with Gasteiger partial charge in [-0.15, -0.1) is 5.10 Å². The number of carbonyl (C=O) groups is 1. The lowest BCUT2D eigenvalue weighted by molar-refractivity contribution is -0.124. The van der Waals surface area contributed by atoms with Crippen LogP contribution in [0.3, 0.4) is 0 Å². The minimum atomic E-state index is 0.0233. The number of hydrogen-bond donors (Lipinski definition) is 2. The summed E-state index contributed by atoms with van der Waals surface area (Å²) in [5, 5.41) is 15.0. The first-order valence-corrected chi connectivity index (χ1v) is 12.3. The lowest BCUT2D eigenvalue weighted by atomic mass is 10.1. The number of benzene rings is 1. The van der Waals surface area contributed by atoms with Gasteiger partial charge in [-0.25, -0.2) is 4.98 Å². The molecule has 1 aliphatic carbocycles.